The zero-order valence-electron chi connectivity index (χ0n) is 13.1. The Kier molecular flexibility index (Phi) is 5.68. The minimum Gasteiger partial charge on any atom is -0.343 e. The van der Waals surface area contributed by atoms with Gasteiger partial charge in [0.15, 0.2) is 17.5 Å². The summed E-state index contributed by atoms with van der Waals surface area (Å²) in [5.74, 6) is -6.87. The van der Waals surface area contributed by atoms with Crippen molar-refractivity contribution in [3.05, 3.63) is 59.4 Å². The lowest BCUT2D eigenvalue weighted by molar-refractivity contribution is -0.123. The third kappa shape index (κ3) is 4.90. The third-order valence-corrected chi connectivity index (χ3v) is 4.54. The molecule has 0 unspecified atom stereocenters. The van der Waals surface area contributed by atoms with Crippen molar-refractivity contribution >= 4 is 21.6 Å². The van der Waals surface area contributed by atoms with E-state index in [2.05, 4.69) is 0 Å². The molecule has 0 aromatic heterocycles. The van der Waals surface area contributed by atoms with E-state index in [9.17, 15) is 39.6 Å². The average molecular weight is 412 g/mol. The van der Waals surface area contributed by atoms with Crippen LogP contribution in [0.4, 0.5) is 32.0 Å². The van der Waals surface area contributed by atoms with Crippen molar-refractivity contribution in [1.82, 2.24) is 5.32 Å². The van der Waals surface area contributed by atoms with Crippen LogP contribution in [-0.2, 0) is 10.0 Å². The highest BCUT2D eigenvalue weighted by atomic mass is 32.2. The molecule has 0 saturated heterocycles. The molecule has 0 atom stereocenters. The van der Waals surface area contributed by atoms with Gasteiger partial charge in [-0.1, -0.05) is 12.1 Å². The maximum atomic E-state index is 13.7. The minimum absolute atomic E-state index is 0.384. The Bertz CT molecular complexity index is 976. The first kappa shape index (κ1) is 20.6. The van der Waals surface area contributed by atoms with Gasteiger partial charge in [-0.25, -0.2) is 21.6 Å². The van der Waals surface area contributed by atoms with Crippen LogP contribution in [0.5, 0.6) is 0 Å². The number of rotatable bonds is 5. The number of nitrogens with one attached hydrogen (secondary N) is 2. The summed E-state index contributed by atoms with van der Waals surface area (Å²) in [6.45, 7) is -1.66. The number of carbonyl (C=O) groups excluding carboxylic acids is 1. The number of sulfonamides is 1. The molecule has 0 aliphatic heterocycles. The standard InChI is InChI=1S/C15H10F6N2O3S/c16-9-5-6-11(13(18)12(9)17)27(25,26)23-10-4-2-1-3-8(10)14(24)22-7-15(19,20)21/h1-6,23H,7H2,(H,22,24). The highest BCUT2D eigenvalue weighted by molar-refractivity contribution is 7.92. The predicted molar refractivity (Wildman–Crippen MR) is 82.0 cm³/mol. The molecule has 2 rings (SSSR count). The van der Waals surface area contributed by atoms with Gasteiger partial charge >= 0.3 is 6.18 Å². The molecule has 0 aliphatic carbocycles. The Morgan fingerprint density at radius 2 is 1.59 bits per heavy atom. The summed E-state index contributed by atoms with van der Waals surface area (Å²) in [5, 5.41) is 1.55. The van der Waals surface area contributed by atoms with Crippen molar-refractivity contribution in [3.8, 4) is 0 Å². The van der Waals surface area contributed by atoms with Crippen molar-refractivity contribution in [3.63, 3.8) is 0 Å². The molecule has 0 heterocycles. The largest absolute Gasteiger partial charge is 0.405 e. The van der Waals surface area contributed by atoms with Gasteiger partial charge in [-0.15, -0.1) is 0 Å². The van der Waals surface area contributed by atoms with Gasteiger partial charge in [0.2, 0.25) is 0 Å². The smallest absolute Gasteiger partial charge is 0.343 e. The van der Waals surface area contributed by atoms with Crippen LogP contribution in [0, 0.1) is 17.5 Å². The summed E-state index contributed by atoms with van der Waals surface area (Å²) in [4.78, 5) is 10.6. The van der Waals surface area contributed by atoms with Gasteiger partial charge in [0, 0.05) is 0 Å². The zero-order chi connectivity index (χ0) is 20.4. The van der Waals surface area contributed by atoms with Gasteiger partial charge in [-0.05, 0) is 24.3 Å². The first-order chi connectivity index (χ1) is 12.4. The molecule has 0 bridgehead atoms. The van der Waals surface area contributed by atoms with E-state index < -0.39 is 62.2 Å². The Hall–Kier alpha value is -2.76. The van der Waals surface area contributed by atoms with Crippen molar-refractivity contribution in [1.29, 1.82) is 0 Å². The summed E-state index contributed by atoms with van der Waals surface area (Å²) < 4.78 is 103. The summed E-state index contributed by atoms with van der Waals surface area (Å²) in [6.07, 6.45) is -4.70. The van der Waals surface area contributed by atoms with Gasteiger partial charge in [-0.3, -0.25) is 9.52 Å². The first-order valence-corrected chi connectivity index (χ1v) is 8.51. The molecule has 1 amide bonds. The minimum atomic E-state index is -4.82. The van der Waals surface area contributed by atoms with Crippen LogP contribution in [0.3, 0.4) is 0 Å². The molecule has 0 saturated carbocycles. The second-order valence-corrected chi connectivity index (χ2v) is 6.77. The Morgan fingerprint density at radius 3 is 2.22 bits per heavy atom. The number of alkyl halides is 3. The van der Waals surface area contributed by atoms with E-state index in [0.717, 1.165) is 12.1 Å². The van der Waals surface area contributed by atoms with E-state index in [0.29, 0.717) is 12.1 Å². The molecule has 12 heteroatoms. The molecule has 0 fully saturated rings. The van der Waals surface area contributed by atoms with Gasteiger partial charge < -0.3 is 5.32 Å². The van der Waals surface area contributed by atoms with E-state index in [1.54, 1.807) is 10.0 Å². The Labute approximate surface area is 149 Å². The van der Waals surface area contributed by atoms with Crippen LogP contribution in [-0.4, -0.2) is 27.0 Å². The number of para-hydroxylation sites is 1. The molecule has 2 N–H and O–H groups in total. The summed E-state index contributed by atoms with van der Waals surface area (Å²) >= 11 is 0. The number of hydrogen-bond acceptors (Lipinski definition) is 3. The maximum Gasteiger partial charge on any atom is 0.405 e. The predicted octanol–water partition coefficient (Wildman–Crippen LogP) is 3.20. The summed E-state index contributed by atoms with van der Waals surface area (Å²) in [6, 6.07) is 5.39. The van der Waals surface area contributed by atoms with Crippen molar-refractivity contribution < 1.29 is 39.6 Å². The first-order valence-electron chi connectivity index (χ1n) is 7.02. The van der Waals surface area contributed by atoms with E-state index >= 15 is 0 Å². The lowest BCUT2D eigenvalue weighted by Gasteiger charge is -2.14. The molecule has 27 heavy (non-hydrogen) atoms. The number of anilines is 1. The lowest BCUT2D eigenvalue weighted by Crippen LogP contribution is -2.34. The fraction of sp³-hybridized carbons (Fsp3) is 0.133. The van der Waals surface area contributed by atoms with Crippen LogP contribution in [0.15, 0.2) is 41.3 Å². The van der Waals surface area contributed by atoms with Crippen LogP contribution < -0.4 is 10.0 Å². The van der Waals surface area contributed by atoms with Crippen LogP contribution in [0.2, 0.25) is 0 Å². The van der Waals surface area contributed by atoms with E-state index in [1.807, 2.05) is 0 Å². The monoisotopic (exact) mass is 412 g/mol. The SMILES string of the molecule is O=C(NCC(F)(F)F)c1ccccc1NS(=O)(=O)c1ccc(F)c(F)c1F. The average Bonchev–Trinajstić information content (AvgIpc) is 2.57. The Balaban J connectivity index is 2.35. The number of hydrogen-bond donors (Lipinski definition) is 2. The van der Waals surface area contributed by atoms with E-state index in [-0.39, 0.29) is 0 Å². The van der Waals surface area contributed by atoms with Gasteiger partial charge in [0.1, 0.15) is 11.4 Å². The van der Waals surface area contributed by atoms with Gasteiger partial charge in [0.25, 0.3) is 15.9 Å². The second-order valence-electron chi connectivity index (χ2n) is 5.12. The van der Waals surface area contributed by atoms with Crippen molar-refractivity contribution in [2.45, 2.75) is 11.1 Å². The third-order valence-electron chi connectivity index (χ3n) is 3.15. The molecule has 0 spiro atoms. The van der Waals surface area contributed by atoms with Crippen LogP contribution >= 0.6 is 0 Å². The van der Waals surface area contributed by atoms with E-state index in [1.165, 1.54) is 12.1 Å². The van der Waals surface area contributed by atoms with Crippen molar-refractivity contribution in [2.75, 3.05) is 11.3 Å². The Morgan fingerprint density at radius 1 is 0.963 bits per heavy atom. The van der Waals surface area contributed by atoms with Crippen molar-refractivity contribution in [2.24, 2.45) is 0 Å². The molecule has 0 radical (unpaired) electrons. The number of halogens is 6. The zero-order valence-corrected chi connectivity index (χ0v) is 13.9. The topological polar surface area (TPSA) is 75.3 Å². The molecule has 146 valence electrons. The highest BCUT2D eigenvalue weighted by Gasteiger charge is 2.29. The number of benzene rings is 2. The normalized spacial score (nSPS) is 11.9. The second kappa shape index (κ2) is 7.47. The quantitative estimate of drug-likeness (QED) is 0.585. The highest BCUT2D eigenvalue weighted by Crippen LogP contribution is 2.24. The van der Waals surface area contributed by atoms with E-state index in [4.69, 9.17) is 0 Å². The summed E-state index contributed by atoms with van der Waals surface area (Å²) in [5.41, 5.74) is -0.977. The molecule has 5 nitrogen and oxygen atoms in total. The fourth-order valence-electron chi connectivity index (χ4n) is 1.96. The number of amides is 1. The summed E-state index contributed by atoms with van der Waals surface area (Å²) in [7, 11) is -4.82. The van der Waals surface area contributed by atoms with Crippen LogP contribution in [0.1, 0.15) is 10.4 Å². The molecular formula is C15H10F6N2O3S. The van der Waals surface area contributed by atoms with Crippen LogP contribution in [0.25, 0.3) is 0 Å². The number of carbonyl (C=O) groups is 1. The molecule has 2 aromatic rings. The van der Waals surface area contributed by atoms with Gasteiger partial charge in [0.05, 0.1) is 11.3 Å². The fourth-order valence-corrected chi connectivity index (χ4v) is 3.11. The molecular weight excluding hydrogens is 402 g/mol. The molecule has 0 aliphatic rings. The van der Waals surface area contributed by atoms with Gasteiger partial charge in [-0.2, -0.15) is 13.2 Å². The lowest BCUT2D eigenvalue weighted by atomic mass is 10.1. The molecule has 2 aromatic carbocycles. The maximum absolute atomic E-state index is 13.7.